The van der Waals surface area contributed by atoms with Gasteiger partial charge in [-0.15, -0.1) is 0 Å². The van der Waals surface area contributed by atoms with Crippen LogP contribution in [0.2, 0.25) is 5.02 Å². The van der Waals surface area contributed by atoms with Gasteiger partial charge in [0.05, 0.1) is 23.3 Å². The Hall–Kier alpha value is -1.73. The molecule has 0 heterocycles. The second kappa shape index (κ2) is 7.65. The Labute approximate surface area is 117 Å². The van der Waals surface area contributed by atoms with Gasteiger partial charge in [0.2, 0.25) is 0 Å². The summed E-state index contributed by atoms with van der Waals surface area (Å²) in [5.74, 6) is -0.0167. The summed E-state index contributed by atoms with van der Waals surface area (Å²) >= 11 is 6.01. The molecular weight excluding hydrogens is 266 g/mol. The lowest BCUT2D eigenvalue weighted by molar-refractivity contribution is -0.151. The van der Waals surface area contributed by atoms with Crippen LogP contribution >= 0.6 is 11.6 Å². The van der Waals surface area contributed by atoms with Crippen LogP contribution in [0.1, 0.15) is 32.3 Å². The van der Waals surface area contributed by atoms with E-state index in [0.717, 1.165) is 6.42 Å². The number of ether oxygens (including phenoxy) is 2. The van der Waals surface area contributed by atoms with Gasteiger partial charge in [0.1, 0.15) is 5.75 Å². The molecule has 1 rings (SSSR count). The number of esters is 1. The molecule has 0 N–H and O–H groups in total. The van der Waals surface area contributed by atoms with Crippen molar-refractivity contribution in [1.29, 1.82) is 5.26 Å². The molecule has 0 aliphatic heterocycles. The summed E-state index contributed by atoms with van der Waals surface area (Å²) in [4.78, 5) is 11.7. The van der Waals surface area contributed by atoms with Crippen LogP contribution in [0.3, 0.4) is 0 Å². The van der Waals surface area contributed by atoms with E-state index in [0.29, 0.717) is 29.4 Å². The number of rotatable bonds is 6. The minimum absolute atomic E-state index is 0.309. The number of carbonyl (C=O) groups excluding carboxylic acids is 1. The predicted octanol–water partition coefficient (Wildman–Crippen LogP) is 3.32. The highest BCUT2D eigenvalue weighted by atomic mass is 35.5. The number of nitriles is 1. The standard InChI is InChI=1S/C14H16ClNO3/c1-3-5-13(14(17)18-4-2)19-12-7-6-10(9-16)8-11(12)15/h6-8,13H,3-5H2,1-2H3. The zero-order valence-corrected chi connectivity index (χ0v) is 11.7. The number of benzene rings is 1. The van der Waals surface area contributed by atoms with Gasteiger partial charge in [-0.2, -0.15) is 5.26 Å². The van der Waals surface area contributed by atoms with Gasteiger partial charge in [-0.3, -0.25) is 0 Å². The smallest absolute Gasteiger partial charge is 0.347 e. The Morgan fingerprint density at radius 1 is 1.47 bits per heavy atom. The first kappa shape index (κ1) is 15.3. The van der Waals surface area contributed by atoms with Crippen LogP contribution in [-0.2, 0) is 9.53 Å². The number of carbonyl (C=O) groups is 1. The molecule has 19 heavy (non-hydrogen) atoms. The average Bonchev–Trinajstić information content (AvgIpc) is 2.40. The first-order valence-electron chi connectivity index (χ1n) is 6.15. The van der Waals surface area contributed by atoms with Gasteiger partial charge >= 0.3 is 5.97 Å². The van der Waals surface area contributed by atoms with Crippen LogP contribution < -0.4 is 4.74 Å². The van der Waals surface area contributed by atoms with Crippen LogP contribution in [-0.4, -0.2) is 18.7 Å². The molecule has 5 heteroatoms. The molecule has 0 amide bonds. The van der Waals surface area contributed by atoms with E-state index in [-0.39, 0.29) is 0 Å². The van der Waals surface area contributed by atoms with Crippen molar-refractivity contribution in [2.24, 2.45) is 0 Å². The van der Waals surface area contributed by atoms with Gasteiger partial charge in [-0.25, -0.2) is 4.79 Å². The van der Waals surface area contributed by atoms with Gasteiger partial charge in [-0.1, -0.05) is 24.9 Å². The van der Waals surface area contributed by atoms with Crippen molar-refractivity contribution in [3.05, 3.63) is 28.8 Å². The van der Waals surface area contributed by atoms with Crippen LogP contribution in [0.4, 0.5) is 0 Å². The minimum atomic E-state index is -0.671. The monoisotopic (exact) mass is 281 g/mol. The lowest BCUT2D eigenvalue weighted by Gasteiger charge is -2.17. The van der Waals surface area contributed by atoms with Crippen LogP contribution in [0, 0.1) is 11.3 Å². The van der Waals surface area contributed by atoms with Crippen molar-refractivity contribution in [2.75, 3.05) is 6.61 Å². The lowest BCUT2D eigenvalue weighted by atomic mass is 10.2. The molecule has 0 aliphatic carbocycles. The molecule has 0 fully saturated rings. The summed E-state index contributed by atoms with van der Waals surface area (Å²) in [7, 11) is 0. The molecular formula is C14H16ClNO3. The normalized spacial score (nSPS) is 11.5. The van der Waals surface area contributed by atoms with Gasteiger partial charge in [-0.05, 0) is 31.5 Å². The summed E-state index contributed by atoms with van der Waals surface area (Å²) < 4.78 is 10.5. The predicted molar refractivity (Wildman–Crippen MR) is 72.1 cm³/mol. The van der Waals surface area contributed by atoms with E-state index >= 15 is 0 Å². The van der Waals surface area contributed by atoms with Gasteiger partial charge in [0, 0.05) is 0 Å². The Kier molecular flexibility index (Phi) is 6.17. The third-order valence-corrected chi connectivity index (χ3v) is 2.73. The van der Waals surface area contributed by atoms with E-state index in [1.165, 1.54) is 6.07 Å². The first-order chi connectivity index (χ1) is 9.12. The fourth-order valence-corrected chi connectivity index (χ4v) is 1.77. The molecule has 0 saturated heterocycles. The molecule has 0 aliphatic rings. The molecule has 0 aromatic heterocycles. The van der Waals surface area contributed by atoms with Crippen LogP contribution in [0.5, 0.6) is 5.75 Å². The molecule has 0 bridgehead atoms. The zero-order chi connectivity index (χ0) is 14.3. The molecule has 1 aromatic rings. The van der Waals surface area contributed by atoms with Crippen molar-refractivity contribution in [3.63, 3.8) is 0 Å². The molecule has 0 radical (unpaired) electrons. The van der Waals surface area contributed by atoms with E-state index in [4.69, 9.17) is 26.3 Å². The third-order valence-electron chi connectivity index (χ3n) is 2.43. The Morgan fingerprint density at radius 3 is 2.74 bits per heavy atom. The Bertz CT molecular complexity index is 482. The first-order valence-corrected chi connectivity index (χ1v) is 6.53. The molecule has 1 aromatic carbocycles. The number of hydrogen-bond donors (Lipinski definition) is 0. The number of nitrogens with zero attached hydrogens (tertiary/aromatic N) is 1. The highest BCUT2D eigenvalue weighted by molar-refractivity contribution is 6.32. The highest BCUT2D eigenvalue weighted by Crippen LogP contribution is 2.27. The largest absolute Gasteiger partial charge is 0.477 e. The topological polar surface area (TPSA) is 59.3 Å². The maximum Gasteiger partial charge on any atom is 0.347 e. The van der Waals surface area contributed by atoms with Crippen LogP contribution in [0.15, 0.2) is 18.2 Å². The van der Waals surface area contributed by atoms with Gasteiger partial charge < -0.3 is 9.47 Å². The van der Waals surface area contributed by atoms with Crippen molar-refractivity contribution in [1.82, 2.24) is 0 Å². The summed E-state index contributed by atoms with van der Waals surface area (Å²) in [5.41, 5.74) is 0.445. The molecule has 0 saturated carbocycles. The van der Waals surface area contributed by atoms with Crippen molar-refractivity contribution >= 4 is 17.6 Å². The average molecular weight is 282 g/mol. The number of halogens is 1. The summed E-state index contributed by atoms with van der Waals surface area (Å²) in [6.07, 6.45) is 0.669. The van der Waals surface area contributed by atoms with Crippen molar-refractivity contribution in [2.45, 2.75) is 32.8 Å². The molecule has 0 spiro atoms. The molecule has 4 nitrogen and oxygen atoms in total. The second-order valence-corrected chi connectivity index (χ2v) is 4.31. The highest BCUT2D eigenvalue weighted by Gasteiger charge is 2.21. The SMILES string of the molecule is CCCC(Oc1ccc(C#N)cc1Cl)C(=O)OCC. The maximum absolute atomic E-state index is 11.7. The third kappa shape index (κ3) is 4.46. The van der Waals surface area contributed by atoms with Crippen LogP contribution in [0.25, 0.3) is 0 Å². The van der Waals surface area contributed by atoms with E-state index in [2.05, 4.69) is 0 Å². The zero-order valence-electron chi connectivity index (χ0n) is 11.0. The van der Waals surface area contributed by atoms with E-state index in [9.17, 15) is 4.79 Å². The fourth-order valence-electron chi connectivity index (χ4n) is 1.54. The summed E-state index contributed by atoms with van der Waals surface area (Å²) in [5, 5.41) is 9.06. The second-order valence-electron chi connectivity index (χ2n) is 3.90. The van der Waals surface area contributed by atoms with Crippen molar-refractivity contribution < 1.29 is 14.3 Å². The molecule has 102 valence electrons. The van der Waals surface area contributed by atoms with Crippen molar-refractivity contribution in [3.8, 4) is 11.8 Å². The van der Waals surface area contributed by atoms with Gasteiger partial charge in [0.25, 0.3) is 0 Å². The van der Waals surface area contributed by atoms with E-state index in [1.807, 2.05) is 13.0 Å². The fraction of sp³-hybridized carbons (Fsp3) is 0.429. The minimum Gasteiger partial charge on any atom is -0.477 e. The molecule has 1 atom stereocenters. The number of hydrogen-bond acceptors (Lipinski definition) is 4. The van der Waals surface area contributed by atoms with E-state index in [1.54, 1.807) is 19.1 Å². The summed E-state index contributed by atoms with van der Waals surface area (Å²) in [6.45, 7) is 4.01. The Morgan fingerprint density at radius 2 is 2.21 bits per heavy atom. The molecule has 1 unspecified atom stereocenters. The van der Waals surface area contributed by atoms with Gasteiger partial charge in [0.15, 0.2) is 6.10 Å². The maximum atomic E-state index is 11.7. The van der Waals surface area contributed by atoms with E-state index < -0.39 is 12.1 Å². The summed E-state index contributed by atoms with van der Waals surface area (Å²) in [6, 6.07) is 6.67. The quantitative estimate of drug-likeness (QED) is 0.751. The lowest BCUT2D eigenvalue weighted by Crippen LogP contribution is -2.29. The Balaban J connectivity index is 2.84.